The van der Waals surface area contributed by atoms with Crippen molar-refractivity contribution >= 4 is 16.6 Å². The van der Waals surface area contributed by atoms with Gasteiger partial charge in [-0.05, 0) is 38.0 Å². The molecule has 0 atom stereocenters. The van der Waals surface area contributed by atoms with E-state index in [1.54, 1.807) is 0 Å². The smallest absolute Gasteiger partial charge is 0.137 e. The Hall–Kier alpha value is -2.47. The average molecular weight is 322 g/mol. The van der Waals surface area contributed by atoms with Crippen molar-refractivity contribution in [1.82, 2.24) is 29.9 Å². The van der Waals surface area contributed by atoms with Crippen molar-refractivity contribution in [1.29, 1.82) is 0 Å². The van der Waals surface area contributed by atoms with Gasteiger partial charge in [0.25, 0.3) is 0 Å². The van der Waals surface area contributed by atoms with E-state index in [0.29, 0.717) is 0 Å². The zero-order valence-electron chi connectivity index (χ0n) is 14.2. The molecule has 1 aliphatic heterocycles. The Bertz CT molecular complexity index is 888. The molecule has 0 radical (unpaired) electrons. The molecule has 6 heteroatoms. The molecule has 0 aromatic carbocycles. The van der Waals surface area contributed by atoms with Crippen LogP contribution in [0, 0.1) is 6.92 Å². The molecular weight excluding hydrogens is 300 g/mol. The maximum Gasteiger partial charge on any atom is 0.137 e. The van der Waals surface area contributed by atoms with Crippen LogP contribution in [0.1, 0.15) is 30.3 Å². The van der Waals surface area contributed by atoms with Gasteiger partial charge < -0.3 is 4.98 Å². The van der Waals surface area contributed by atoms with E-state index in [0.717, 1.165) is 43.9 Å². The second kappa shape index (κ2) is 6.20. The number of pyridine rings is 1. The van der Waals surface area contributed by atoms with E-state index in [9.17, 15) is 0 Å². The fourth-order valence-corrected chi connectivity index (χ4v) is 3.40. The van der Waals surface area contributed by atoms with Crippen molar-refractivity contribution in [2.45, 2.75) is 33.4 Å². The van der Waals surface area contributed by atoms with Crippen LogP contribution in [0.2, 0.25) is 0 Å². The van der Waals surface area contributed by atoms with Crippen LogP contribution in [0.4, 0.5) is 0 Å². The Morgan fingerprint density at radius 3 is 3.04 bits per heavy atom. The highest BCUT2D eigenvalue weighted by atomic mass is 15.4. The molecule has 0 amide bonds. The van der Waals surface area contributed by atoms with Gasteiger partial charge in [-0.1, -0.05) is 11.3 Å². The van der Waals surface area contributed by atoms with E-state index >= 15 is 0 Å². The summed E-state index contributed by atoms with van der Waals surface area (Å²) < 4.78 is 2.00. The molecule has 24 heavy (non-hydrogen) atoms. The topological polar surface area (TPSA) is 62.6 Å². The van der Waals surface area contributed by atoms with Crippen LogP contribution in [0.25, 0.3) is 16.6 Å². The van der Waals surface area contributed by atoms with Crippen LogP contribution in [0.5, 0.6) is 0 Å². The third-order valence-corrected chi connectivity index (χ3v) is 4.80. The largest absolute Gasteiger partial charge is 0.346 e. The number of nitrogens with zero attached hydrogens (tertiary/aromatic N) is 5. The first kappa shape index (κ1) is 15.1. The van der Waals surface area contributed by atoms with Crippen molar-refractivity contribution in [3.05, 3.63) is 47.6 Å². The predicted octanol–water partition coefficient (Wildman–Crippen LogP) is 2.77. The molecule has 1 N–H and O–H groups in total. The van der Waals surface area contributed by atoms with E-state index < -0.39 is 0 Å². The highest BCUT2D eigenvalue weighted by Gasteiger charge is 2.18. The summed E-state index contributed by atoms with van der Waals surface area (Å²) in [5.41, 5.74) is 5.92. The summed E-state index contributed by atoms with van der Waals surface area (Å²) in [6, 6.07) is 4.13. The van der Waals surface area contributed by atoms with Gasteiger partial charge in [0, 0.05) is 49.5 Å². The van der Waals surface area contributed by atoms with E-state index in [1.165, 1.54) is 22.2 Å². The number of aryl methyl sites for hydroxylation is 2. The monoisotopic (exact) mass is 322 g/mol. The van der Waals surface area contributed by atoms with E-state index in [4.69, 9.17) is 0 Å². The molecule has 124 valence electrons. The predicted molar refractivity (Wildman–Crippen MR) is 94.4 cm³/mol. The highest BCUT2D eigenvalue weighted by Crippen LogP contribution is 2.28. The third kappa shape index (κ3) is 2.63. The standard InChI is InChI=1S/C18H22N6/c1-3-24-17(13(2)21-22-24)12-23-9-6-14(7-10-23)16-11-20-18-15(16)5-4-8-19-18/h4-6,8,11H,3,7,9-10,12H2,1-2H3,(H,19,20). The lowest BCUT2D eigenvalue weighted by atomic mass is 9.99. The summed E-state index contributed by atoms with van der Waals surface area (Å²) in [5.74, 6) is 0. The minimum absolute atomic E-state index is 0.868. The Kier molecular flexibility index (Phi) is 3.90. The second-order valence-electron chi connectivity index (χ2n) is 6.25. The Morgan fingerprint density at radius 2 is 2.25 bits per heavy atom. The van der Waals surface area contributed by atoms with Crippen LogP contribution in [0.3, 0.4) is 0 Å². The number of aromatic nitrogens is 5. The Morgan fingerprint density at radius 1 is 1.33 bits per heavy atom. The number of hydrogen-bond acceptors (Lipinski definition) is 4. The second-order valence-corrected chi connectivity index (χ2v) is 6.25. The van der Waals surface area contributed by atoms with Gasteiger partial charge in [0.1, 0.15) is 5.65 Å². The lowest BCUT2D eigenvalue weighted by molar-refractivity contribution is 0.283. The van der Waals surface area contributed by atoms with Gasteiger partial charge in [0.05, 0.1) is 11.4 Å². The summed E-state index contributed by atoms with van der Waals surface area (Å²) >= 11 is 0. The maximum absolute atomic E-state index is 4.38. The molecule has 0 saturated carbocycles. The van der Waals surface area contributed by atoms with Crippen molar-refractivity contribution in [3.8, 4) is 0 Å². The Labute approximate surface area is 141 Å². The molecule has 4 heterocycles. The van der Waals surface area contributed by atoms with Gasteiger partial charge in [-0.15, -0.1) is 5.10 Å². The van der Waals surface area contributed by atoms with E-state index in [1.807, 2.05) is 23.9 Å². The van der Waals surface area contributed by atoms with Crippen molar-refractivity contribution < 1.29 is 0 Å². The van der Waals surface area contributed by atoms with E-state index in [2.05, 4.69) is 50.4 Å². The van der Waals surface area contributed by atoms with E-state index in [-0.39, 0.29) is 0 Å². The van der Waals surface area contributed by atoms with Gasteiger partial charge in [-0.3, -0.25) is 4.90 Å². The average Bonchev–Trinajstić information content (AvgIpc) is 3.20. The summed E-state index contributed by atoms with van der Waals surface area (Å²) in [6.07, 6.45) is 7.30. The number of aromatic amines is 1. The molecular formula is C18H22N6. The highest BCUT2D eigenvalue weighted by molar-refractivity contribution is 5.90. The van der Waals surface area contributed by atoms with Crippen LogP contribution in [-0.2, 0) is 13.1 Å². The van der Waals surface area contributed by atoms with Crippen molar-refractivity contribution in [2.24, 2.45) is 0 Å². The summed E-state index contributed by atoms with van der Waals surface area (Å²) in [4.78, 5) is 10.1. The van der Waals surface area contributed by atoms with Crippen molar-refractivity contribution in [2.75, 3.05) is 13.1 Å². The SMILES string of the molecule is CCn1nnc(C)c1CN1CC=C(c2c[nH]c3ncccc23)CC1. The van der Waals surface area contributed by atoms with Crippen LogP contribution >= 0.6 is 0 Å². The minimum Gasteiger partial charge on any atom is -0.346 e. The molecule has 0 fully saturated rings. The van der Waals surface area contributed by atoms with Gasteiger partial charge in [0.2, 0.25) is 0 Å². The number of hydrogen-bond donors (Lipinski definition) is 1. The third-order valence-electron chi connectivity index (χ3n) is 4.80. The summed E-state index contributed by atoms with van der Waals surface area (Å²) in [6.45, 7) is 7.93. The Balaban J connectivity index is 1.52. The molecule has 0 saturated heterocycles. The summed E-state index contributed by atoms with van der Waals surface area (Å²) in [7, 11) is 0. The molecule has 1 aliphatic rings. The minimum atomic E-state index is 0.868. The maximum atomic E-state index is 4.38. The first-order chi connectivity index (χ1) is 11.8. The number of fused-ring (bicyclic) bond motifs is 1. The molecule has 3 aromatic rings. The van der Waals surface area contributed by atoms with Gasteiger partial charge >= 0.3 is 0 Å². The van der Waals surface area contributed by atoms with Gasteiger partial charge in [-0.25, -0.2) is 9.67 Å². The number of nitrogens with one attached hydrogen (secondary N) is 1. The number of H-pyrrole nitrogens is 1. The zero-order valence-corrected chi connectivity index (χ0v) is 14.2. The fourth-order valence-electron chi connectivity index (χ4n) is 3.40. The quantitative estimate of drug-likeness (QED) is 0.802. The lowest BCUT2D eigenvalue weighted by Gasteiger charge is -2.26. The summed E-state index contributed by atoms with van der Waals surface area (Å²) in [5, 5.41) is 9.61. The normalized spacial score (nSPS) is 15.8. The fraction of sp³-hybridized carbons (Fsp3) is 0.389. The first-order valence-corrected chi connectivity index (χ1v) is 8.49. The van der Waals surface area contributed by atoms with Gasteiger partial charge in [-0.2, -0.15) is 0 Å². The molecule has 0 aliphatic carbocycles. The number of rotatable bonds is 4. The van der Waals surface area contributed by atoms with Crippen LogP contribution < -0.4 is 0 Å². The van der Waals surface area contributed by atoms with Gasteiger partial charge in [0.15, 0.2) is 0 Å². The molecule has 0 unspecified atom stereocenters. The zero-order chi connectivity index (χ0) is 16.5. The van der Waals surface area contributed by atoms with Crippen LogP contribution in [-0.4, -0.2) is 43.0 Å². The molecule has 0 spiro atoms. The molecule has 4 rings (SSSR count). The van der Waals surface area contributed by atoms with Crippen molar-refractivity contribution in [3.63, 3.8) is 0 Å². The van der Waals surface area contributed by atoms with Crippen LogP contribution in [0.15, 0.2) is 30.6 Å². The molecule has 0 bridgehead atoms. The lowest BCUT2D eigenvalue weighted by Crippen LogP contribution is -2.29. The molecule has 6 nitrogen and oxygen atoms in total. The molecule has 3 aromatic heterocycles. The first-order valence-electron chi connectivity index (χ1n) is 8.49.